The normalized spacial score (nSPS) is 25.2. The van der Waals surface area contributed by atoms with E-state index in [2.05, 4.69) is 9.98 Å². The summed E-state index contributed by atoms with van der Waals surface area (Å²) in [6, 6.07) is 0. The van der Waals surface area contributed by atoms with E-state index in [1.807, 2.05) is 0 Å². The second-order valence-electron chi connectivity index (χ2n) is 2.43. The molecule has 0 spiro atoms. The minimum Gasteiger partial charge on any atom is -0.475 e. The third-order valence-corrected chi connectivity index (χ3v) is 2.60. The summed E-state index contributed by atoms with van der Waals surface area (Å²) in [6.07, 6.45) is 1.63. The summed E-state index contributed by atoms with van der Waals surface area (Å²) in [5, 5.41) is 9.84. The molecule has 2 aliphatic rings. The maximum atomic E-state index is 11.2. The quantitative estimate of drug-likeness (QED) is 0.644. The lowest BCUT2D eigenvalue weighted by atomic mass is 10.2. The van der Waals surface area contributed by atoms with Crippen molar-refractivity contribution in [1.29, 1.82) is 0 Å². The molecule has 0 bridgehead atoms. The molecule has 0 aromatic carbocycles. The van der Waals surface area contributed by atoms with Crippen LogP contribution in [0.2, 0.25) is 0 Å². The molecule has 1 unspecified atom stereocenters. The van der Waals surface area contributed by atoms with Crippen LogP contribution in [0.4, 0.5) is 0 Å². The standard InChI is InChI=1S/C7H4N2O3S/c10-6-4-3(1-2-13-4)8-5(9-6)7(11)12/h1-2,4H,(H,11,12). The number of nitrogens with zero attached hydrogens (tertiary/aromatic N) is 2. The SMILES string of the molecule is O=C(O)C1=NC(=O)C2SC=CC2=N1. The van der Waals surface area contributed by atoms with Gasteiger partial charge in [-0.25, -0.2) is 9.79 Å². The van der Waals surface area contributed by atoms with Gasteiger partial charge in [-0.1, -0.05) is 0 Å². The molecular weight excluding hydrogens is 192 g/mol. The topological polar surface area (TPSA) is 79.1 Å². The van der Waals surface area contributed by atoms with Crippen molar-refractivity contribution in [3.8, 4) is 0 Å². The fourth-order valence-corrected chi connectivity index (χ4v) is 1.85. The third kappa shape index (κ3) is 1.29. The van der Waals surface area contributed by atoms with E-state index in [1.54, 1.807) is 11.5 Å². The van der Waals surface area contributed by atoms with E-state index in [9.17, 15) is 9.59 Å². The van der Waals surface area contributed by atoms with Gasteiger partial charge in [-0.2, -0.15) is 4.99 Å². The summed E-state index contributed by atoms with van der Waals surface area (Å²) in [6.45, 7) is 0. The minimum atomic E-state index is -1.27. The molecule has 1 atom stereocenters. The smallest absolute Gasteiger partial charge is 0.374 e. The van der Waals surface area contributed by atoms with Crippen molar-refractivity contribution >= 4 is 35.2 Å². The number of fused-ring (bicyclic) bond motifs is 1. The molecule has 0 fully saturated rings. The number of carbonyl (C=O) groups excluding carboxylic acids is 1. The Balaban J connectivity index is 2.40. The van der Waals surface area contributed by atoms with Gasteiger partial charge in [0.15, 0.2) is 0 Å². The van der Waals surface area contributed by atoms with Crippen molar-refractivity contribution < 1.29 is 14.7 Å². The first-order valence-electron chi connectivity index (χ1n) is 3.45. The number of aliphatic imine (C=N–C) groups is 2. The summed E-state index contributed by atoms with van der Waals surface area (Å²) >= 11 is 1.29. The van der Waals surface area contributed by atoms with Crippen molar-refractivity contribution in [3.63, 3.8) is 0 Å². The molecule has 6 heteroatoms. The number of hydrogen-bond acceptors (Lipinski definition) is 4. The molecule has 0 radical (unpaired) electrons. The van der Waals surface area contributed by atoms with E-state index in [-0.39, 0.29) is 0 Å². The molecule has 1 N–H and O–H groups in total. The fraction of sp³-hybridized carbons (Fsp3) is 0.143. The Morgan fingerprint density at radius 3 is 3.00 bits per heavy atom. The van der Waals surface area contributed by atoms with Crippen LogP contribution in [0.1, 0.15) is 0 Å². The van der Waals surface area contributed by atoms with Gasteiger partial charge in [-0.05, 0) is 11.5 Å². The predicted octanol–water partition coefficient (Wildman–Crippen LogP) is 0.0798. The monoisotopic (exact) mass is 196 g/mol. The summed E-state index contributed by atoms with van der Waals surface area (Å²) in [5.74, 6) is -2.15. The Hall–Kier alpha value is -1.43. The third-order valence-electron chi connectivity index (χ3n) is 1.59. The van der Waals surface area contributed by atoms with Gasteiger partial charge in [-0.3, -0.25) is 4.79 Å². The van der Waals surface area contributed by atoms with Crippen molar-refractivity contribution in [1.82, 2.24) is 0 Å². The highest BCUT2D eigenvalue weighted by Gasteiger charge is 2.32. The van der Waals surface area contributed by atoms with Crippen molar-refractivity contribution in [2.45, 2.75) is 5.25 Å². The summed E-state index contributed by atoms with van der Waals surface area (Å²) < 4.78 is 0. The molecular formula is C7H4N2O3S. The molecule has 0 aromatic heterocycles. The lowest BCUT2D eigenvalue weighted by Crippen LogP contribution is -2.30. The van der Waals surface area contributed by atoms with Crippen LogP contribution in [0, 0.1) is 0 Å². The van der Waals surface area contributed by atoms with Crippen molar-refractivity contribution in [2.75, 3.05) is 0 Å². The van der Waals surface area contributed by atoms with E-state index in [1.165, 1.54) is 11.8 Å². The number of amides is 1. The minimum absolute atomic E-state index is 0.427. The molecule has 0 aliphatic carbocycles. The maximum Gasteiger partial charge on any atom is 0.374 e. The zero-order valence-electron chi connectivity index (χ0n) is 6.30. The number of allylic oxidation sites excluding steroid dienone is 1. The van der Waals surface area contributed by atoms with Gasteiger partial charge in [0.05, 0.1) is 5.71 Å². The zero-order valence-corrected chi connectivity index (χ0v) is 7.11. The Labute approximate surface area is 77.3 Å². The van der Waals surface area contributed by atoms with Gasteiger partial charge >= 0.3 is 5.97 Å². The number of amidine groups is 1. The Bertz CT molecular complexity index is 383. The van der Waals surface area contributed by atoms with Crippen LogP contribution in [-0.4, -0.2) is 33.8 Å². The average molecular weight is 196 g/mol. The van der Waals surface area contributed by atoms with Crippen LogP contribution < -0.4 is 0 Å². The first-order chi connectivity index (χ1) is 6.18. The van der Waals surface area contributed by atoms with E-state index in [0.29, 0.717) is 5.71 Å². The largest absolute Gasteiger partial charge is 0.475 e. The number of carboxylic acid groups (broad SMARTS) is 1. The van der Waals surface area contributed by atoms with E-state index >= 15 is 0 Å². The highest BCUT2D eigenvalue weighted by molar-refractivity contribution is 8.04. The van der Waals surface area contributed by atoms with Crippen LogP contribution in [0.5, 0.6) is 0 Å². The number of carboxylic acids is 1. The molecule has 1 amide bonds. The lowest BCUT2D eigenvalue weighted by Gasteiger charge is -2.10. The Kier molecular flexibility index (Phi) is 1.77. The number of hydrogen-bond donors (Lipinski definition) is 1. The predicted molar refractivity (Wildman–Crippen MR) is 48.0 cm³/mol. The van der Waals surface area contributed by atoms with E-state index in [4.69, 9.17) is 5.11 Å². The Morgan fingerprint density at radius 2 is 2.31 bits per heavy atom. The molecule has 13 heavy (non-hydrogen) atoms. The average Bonchev–Trinajstić information content (AvgIpc) is 2.51. The van der Waals surface area contributed by atoms with Crippen molar-refractivity contribution in [2.24, 2.45) is 9.98 Å². The second-order valence-corrected chi connectivity index (χ2v) is 3.45. The molecule has 5 nitrogen and oxygen atoms in total. The van der Waals surface area contributed by atoms with Gasteiger partial charge < -0.3 is 5.11 Å². The van der Waals surface area contributed by atoms with Gasteiger partial charge in [0.1, 0.15) is 5.25 Å². The van der Waals surface area contributed by atoms with Gasteiger partial charge in [-0.15, -0.1) is 11.8 Å². The number of carbonyl (C=O) groups is 2. The Morgan fingerprint density at radius 1 is 1.54 bits per heavy atom. The van der Waals surface area contributed by atoms with E-state index in [0.717, 1.165) is 0 Å². The highest BCUT2D eigenvalue weighted by Crippen LogP contribution is 2.25. The van der Waals surface area contributed by atoms with Crippen LogP contribution in [0.25, 0.3) is 0 Å². The lowest BCUT2D eigenvalue weighted by molar-refractivity contribution is -0.130. The maximum absolute atomic E-state index is 11.2. The van der Waals surface area contributed by atoms with Crippen molar-refractivity contribution in [3.05, 3.63) is 11.5 Å². The molecule has 2 rings (SSSR count). The first kappa shape index (κ1) is 8.18. The molecule has 66 valence electrons. The number of thioether (sulfide) groups is 1. The zero-order chi connectivity index (χ0) is 9.42. The molecule has 2 heterocycles. The summed E-state index contributed by atoms with van der Waals surface area (Å²) in [4.78, 5) is 28.8. The van der Waals surface area contributed by atoms with Gasteiger partial charge in [0.2, 0.25) is 5.84 Å². The number of aliphatic carboxylic acids is 1. The highest BCUT2D eigenvalue weighted by atomic mass is 32.2. The van der Waals surface area contributed by atoms with Crippen LogP contribution in [-0.2, 0) is 9.59 Å². The van der Waals surface area contributed by atoms with Crippen LogP contribution in [0.3, 0.4) is 0 Å². The van der Waals surface area contributed by atoms with Crippen LogP contribution >= 0.6 is 11.8 Å². The second kappa shape index (κ2) is 2.81. The molecule has 2 aliphatic heterocycles. The molecule has 0 aromatic rings. The van der Waals surface area contributed by atoms with Crippen LogP contribution in [0.15, 0.2) is 21.5 Å². The summed E-state index contributed by atoms with van der Waals surface area (Å²) in [5.41, 5.74) is 0.474. The summed E-state index contributed by atoms with van der Waals surface area (Å²) in [7, 11) is 0. The van der Waals surface area contributed by atoms with E-state index < -0.39 is 23.0 Å². The first-order valence-corrected chi connectivity index (χ1v) is 4.39. The molecule has 0 saturated carbocycles. The fourth-order valence-electron chi connectivity index (χ4n) is 1.03. The molecule has 0 saturated heterocycles. The number of rotatable bonds is 1. The van der Waals surface area contributed by atoms with Gasteiger partial charge in [0, 0.05) is 0 Å². The van der Waals surface area contributed by atoms with Gasteiger partial charge in [0.25, 0.3) is 5.91 Å².